The van der Waals surface area contributed by atoms with Crippen LogP contribution in [0.4, 0.5) is 11.6 Å². The van der Waals surface area contributed by atoms with Crippen LogP contribution < -0.4 is 33.0 Å². The summed E-state index contributed by atoms with van der Waals surface area (Å²) >= 11 is 0. The van der Waals surface area contributed by atoms with Gasteiger partial charge in [0.05, 0.1) is 12.3 Å². The van der Waals surface area contributed by atoms with Gasteiger partial charge in [0.1, 0.15) is 11.6 Å². The zero-order chi connectivity index (χ0) is 24.5. The third-order valence-corrected chi connectivity index (χ3v) is 5.24. The zero-order valence-electron chi connectivity index (χ0n) is 19.4. The van der Waals surface area contributed by atoms with Crippen molar-refractivity contribution in [2.45, 2.75) is 32.6 Å². The Balaban J connectivity index is 1.45. The molecule has 34 heavy (non-hydrogen) atoms. The lowest BCUT2D eigenvalue weighted by atomic mass is 10.0. The predicted molar refractivity (Wildman–Crippen MR) is 136 cm³/mol. The topological polar surface area (TPSA) is 181 Å². The van der Waals surface area contributed by atoms with Gasteiger partial charge in [-0.1, -0.05) is 24.3 Å². The maximum absolute atomic E-state index is 12.3. The number of fused-ring (bicyclic) bond motifs is 1. The molecule has 1 aromatic heterocycles. The van der Waals surface area contributed by atoms with Crippen LogP contribution in [-0.4, -0.2) is 41.5 Å². The number of rotatable bonds is 10. The van der Waals surface area contributed by atoms with Crippen LogP contribution in [0.5, 0.6) is 5.75 Å². The summed E-state index contributed by atoms with van der Waals surface area (Å²) in [6, 6.07) is 12.5. The number of nitrogens with two attached hydrogens (primary N) is 4. The highest BCUT2D eigenvalue weighted by molar-refractivity contribution is 6.06. The highest BCUT2D eigenvalue weighted by Gasteiger charge is 2.15. The van der Waals surface area contributed by atoms with E-state index < -0.39 is 5.91 Å². The molecule has 3 rings (SSSR count). The second-order valence-corrected chi connectivity index (χ2v) is 7.94. The second kappa shape index (κ2) is 11.8. The van der Waals surface area contributed by atoms with Crippen LogP contribution >= 0.6 is 0 Å². The summed E-state index contributed by atoms with van der Waals surface area (Å²) in [5.74, 6) is 0.421. The molecule has 1 heterocycles. The molecule has 0 atom stereocenters. The van der Waals surface area contributed by atoms with Gasteiger partial charge in [-0.15, -0.1) is 0 Å². The Labute approximate surface area is 198 Å². The average Bonchev–Trinajstić information content (AvgIpc) is 2.81. The van der Waals surface area contributed by atoms with Crippen molar-refractivity contribution in [2.75, 3.05) is 31.2 Å². The van der Waals surface area contributed by atoms with Gasteiger partial charge < -0.3 is 27.7 Å². The first-order valence-electron chi connectivity index (χ1n) is 11.2. The number of nitrogen functional groups attached to an aromatic ring is 2. The van der Waals surface area contributed by atoms with E-state index in [2.05, 4.69) is 44.5 Å². The fourth-order valence-corrected chi connectivity index (χ4v) is 3.36. The number of unbranched alkanes of at least 4 members (excludes halogenated alkanes) is 1. The van der Waals surface area contributed by atoms with E-state index >= 15 is 0 Å². The summed E-state index contributed by atoms with van der Waals surface area (Å²) < 4.78 is 5.71. The predicted octanol–water partition coefficient (Wildman–Crippen LogP) is 1.90. The molecule has 10 nitrogen and oxygen atoms in total. The van der Waals surface area contributed by atoms with Crippen LogP contribution in [0.15, 0.2) is 41.4 Å². The number of aryl methyl sites for hydroxylation is 2. The van der Waals surface area contributed by atoms with E-state index in [1.54, 1.807) is 6.92 Å². The van der Waals surface area contributed by atoms with Gasteiger partial charge in [0.2, 0.25) is 0 Å². The van der Waals surface area contributed by atoms with Gasteiger partial charge in [-0.25, -0.2) is 9.97 Å². The monoisotopic (exact) mass is 464 g/mol. The van der Waals surface area contributed by atoms with Gasteiger partial charge in [-0.3, -0.25) is 15.1 Å². The number of amides is 1. The van der Waals surface area contributed by atoms with E-state index in [9.17, 15) is 4.79 Å². The number of carbonyl (C=O) groups excluding carboxylic acids is 1. The van der Waals surface area contributed by atoms with Crippen molar-refractivity contribution in [3.05, 3.63) is 53.3 Å². The van der Waals surface area contributed by atoms with Crippen molar-refractivity contribution in [3.8, 4) is 5.75 Å². The fourth-order valence-electron chi connectivity index (χ4n) is 3.36. The Kier molecular flexibility index (Phi) is 8.58. The number of hydrogen-bond acceptors (Lipinski definition) is 8. The minimum atomic E-state index is -0.571. The van der Waals surface area contributed by atoms with E-state index in [1.807, 2.05) is 12.1 Å². The van der Waals surface area contributed by atoms with Crippen molar-refractivity contribution in [3.63, 3.8) is 0 Å². The first-order chi connectivity index (χ1) is 16.4. The molecule has 0 fully saturated rings. The number of aromatic nitrogens is 2. The number of hydrogen-bond donors (Lipinski definition) is 5. The Hall–Kier alpha value is -3.92. The zero-order valence-corrected chi connectivity index (χ0v) is 19.4. The normalized spacial score (nSPS) is 11.5. The minimum absolute atomic E-state index is 0.0101. The van der Waals surface area contributed by atoms with Crippen molar-refractivity contribution >= 4 is 34.3 Å². The lowest BCUT2D eigenvalue weighted by molar-refractivity contribution is 0.0972. The van der Waals surface area contributed by atoms with Gasteiger partial charge in [-0.05, 0) is 67.6 Å². The summed E-state index contributed by atoms with van der Waals surface area (Å²) in [6.45, 7) is 3.38. The van der Waals surface area contributed by atoms with E-state index in [1.165, 1.54) is 10.9 Å². The summed E-state index contributed by atoms with van der Waals surface area (Å²) in [5, 5.41) is 4.80. The number of nitrogens with zero attached hydrogens (tertiary/aromatic N) is 3. The highest BCUT2D eigenvalue weighted by Crippen LogP contribution is 2.23. The van der Waals surface area contributed by atoms with Gasteiger partial charge in [0.15, 0.2) is 17.5 Å². The first kappa shape index (κ1) is 24.7. The molecule has 10 heteroatoms. The van der Waals surface area contributed by atoms with E-state index in [-0.39, 0.29) is 23.3 Å². The lowest BCUT2D eigenvalue weighted by Gasteiger charge is -2.08. The third-order valence-electron chi connectivity index (χ3n) is 5.24. The molecule has 0 unspecified atom stereocenters. The molecule has 2 aromatic carbocycles. The summed E-state index contributed by atoms with van der Waals surface area (Å²) in [7, 11) is 0. The van der Waals surface area contributed by atoms with Crippen LogP contribution in [0.2, 0.25) is 0 Å². The van der Waals surface area contributed by atoms with Crippen LogP contribution in [0.3, 0.4) is 0 Å². The van der Waals surface area contributed by atoms with Gasteiger partial charge in [0, 0.05) is 6.54 Å². The standard InChI is InChI=1S/C24H32N8O2/c1-15-21(26)31-22(27)20(30-15)23(33)32-24(28)29-11-3-2-5-16-6-7-18-14-19(34-12-4-10-25)9-8-17(18)13-16/h6-9,13-14H,2-5,10-12,25H2,1H3,(H4,26,27,31)(H3,28,29,32,33). The number of guanidine groups is 1. The molecule has 0 aliphatic carbocycles. The first-order valence-corrected chi connectivity index (χ1v) is 11.2. The minimum Gasteiger partial charge on any atom is -0.494 e. The molecule has 0 spiro atoms. The molecule has 180 valence electrons. The fraction of sp³-hybridized carbons (Fsp3) is 0.333. The smallest absolute Gasteiger partial charge is 0.280 e. The molecule has 3 aromatic rings. The number of benzene rings is 2. The molecule has 0 saturated carbocycles. The molecule has 0 aliphatic rings. The lowest BCUT2D eigenvalue weighted by Crippen LogP contribution is -2.38. The Morgan fingerprint density at radius 3 is 2.59 bits per heavy atom. The number of nitrogens with one attached hydrogen (secondary N) is 1. The van der Waals surface area contributed by atoms with Crippen molar-refractivity contribution in [1.82, 2.24) is 15.3 Å². The SMILES string of the molecule is Cc1nc(C(=O)NC(N)=NCCCCc2ccc3cc(OCCCN)ccc3c2)c(N)nc1N. The molecule has 9 N–H and O–H groups in total. The molecular weight excluding hydrogens is 432 g/mol. The molecule has 1 amide bonds. The Morgan fingerprint density at radius 2 is 1.79 bits per heavy atom. The van der Waals surface area contributed by atoms with Gasteiger partial charge in [-0.2, -0.15) is 0 Å². The van der Waals surface area contributed by atoms with Crippen LogP contribution in [-0.2, 0) is 6.42 Å². The van der Waals surface area contributed by atoms with E-state index in [0.717, 1.165) is 36.8 Å². The summed E-state index contributed by atoms with van der Waals surface area (Å²) in [6.07, 6.45) is 3.52. The molecule has 0 aliphatic heterocycles. The third kappa shape index (κ3) is 6.79. The molecule has 0 saturated heterocycles. The van der Waals surface area contributed by atoms with E-state index in [4.69, 9.17) is 27.7 Å². The number of aliphatic imine (C=N–C) groups is 1. The van der Waals surface area contributed by atoms with E-state index in [0.29, 0.717) is 25.4 Å². The summed E-state index contributed by atoms with van der Waals surface area (Å²) in [5.41, 5.74) is 24.3. The Morgan fingerprint density at radius 1 is 1.03 bits per heavy atom. The van der Waals surface area contributed by atoms with Crippen molar-refractivity contribution < 1.29 is 9.53 Å². The maximum atomic E-state index is 12.3. The number of carbonyl (C=O) groups is 1. The summed E-state index contributed by atoms with van der Waals surface area (Å²) in [4.78, 5) is 24.5. The highest BCUT2D eigenvalue weighted by atomic mass is 16.5. The van der Waals surface area contributed by atoms with Crippen LogP contribution in [0, 0.1) is 6.92 Å². The molecular formula is C24H32N8O2. The second-order valence-electron chi connectivity index (χ2n) is 7.94. The maximum Gasteiger partial charge on any atom is 0.280 e. The van der Waals surface area contributed by atoms with Gasteiger partial charge in [0.25, 0.3) is 5.91 Å². The quantitative estimate of drug-likeness (QED) is 0.171. The van der Waals surface area contributed by atoms with Crippen LogP contribution in [0.1, 0.15) is 41.0 Å². The number of ether oxygens (including phenoxy) is 1. The van der Waals surface area contributed by atoms with Gasteiger partial charge >= 0.3 is 0 Å². The average molecular weight is 465 g/mol. The number of anilines is 2. The molecule has 0 bridgehead atoms. The van der Waals surface area contributed by atoms with Crippen LogP contribution in [0.25, 0.3) is 10.8 Å². The van der Waals surface area contributed by atoms with Crippen molar-refractivity contribution in [1.29, 1.82) is 0 Å². The van der Waals surface area contributed by atoms with Crippen molar-refractivity contribution in [2.24, 2.45) is 16.5 Å². The Bertz CT molecular complexity index is 1180. The largest absolute Gasteiger partial charge is 0.494 e. The molecule has 0 radical (unpaired) electrons.